The van der Waals surface area contributed by atoms with Crippen LogP contribution in [0.5, 0.6) is 0 Å². The summed E-state index contributed by atoms with van der Waals surface area (Å²) in [5, 5.41) is 5.83. The predicted octanol–water partition coefficient (Wildman–Crippen LogP) is -0.559. The van der Waals surface area contributed by atoms with Crippen LogP contribution >= 0.6 is 0 Å². The fraction of sp³-hybridized carbons (Fsp3) is 0.545. The maximum atomic E-state index is 6.80. The minimum atomic E-state index is -1.88. The number of rotatable bonds is 2. The van der Waals surface area contributed by atoms with Crippen LogP contribution in [-0.4, -0.2) is 16.1 Å². The molecule has 0 atom stereocenters. The number of anilines is 2. The van der Waals surface area contributed by atoms with Crippen molar-refractivity contribution in [1.29, 1.82) is 0 Å². The van der Waals surface area contributed by atoms with Crippen LogP contribution in [0.4, 0.5) is 11.4 Å². The number of nitrogen functional groups attached to an aromatic ring is 2. The second kappa shape index (κ2) is 9.66. The normalized spacial score (nSPS) is 12.6. The molecule has 2 aromatic carbocycles. The fourth-order valence-corrected chi connectivity index (χ4v) is 10.1. The summed E-state index contributed by atoms with van der Waals surface area (Å²) in [5.74, 6) is 0. The molecule has 0 spiro atoms. The largest absolute Gasteiger partial charge is 2.00 e. The van der Waals surface area contributed by atoms with Crippen LogP contribution < -0.4 is 46.7 Å². The van der Waals surface area contributed by atoms with Gasteiger partial charge in [0.2, 0.25) is 0 Å². The molecule has 0 bridgehead atoms. The summed E-state index contributed by atoms with van der Waals surface area (Å²) in [5.41, 5.74) is 15.0. The van der Waals surface area contributed by atoms with Gasteiger partial charge < -0.3 is 36.3 Å². The van der Waals surface area contributed by atoms with E-state index in [9.17, 15) is 0 Å². The zero-order chi connectivity index (χ0) is 20.3. The molecule has 0 saturated carbocycles. The molecule has 2 rings (SSSR count). The van der Waals surface area contributed by atoms with Crippen molar-refractivity contribution in [2.45, 2.75) is 77.8 Å². The topological polar surface area (TPSA) is 52.0 Å². The summed E-state index contributed by atoms with van der Waals surface area (Å²) in [6.45, 7) is 24.2. The quantitative estimate of drug-likeness (QED) is 0.425. The van der Waals surface area contributed by atoms with Crippen molar-refractivity contribution in [3.8, 4) is 0 Å². The van der Waals surface area contributed by atoms with Gasteiger partial charge in [-0.25, -0.2) is 0 Å². The third-order valence-corrected chi connectivity index (χ3v) is 18.6. The van der Waals surface area contributed by atoms with Gasteiger partial charge in [0.1, 0.15) is 0 Å². The molecule has 2 nitrogen and oxygen atoms in total. The van der Waals surface area contributed by atoms with E-state index in [1.807, 2.05) is 0 Å². The van der Waals surface area contributed by atoms with Crippen molar-refractivity contribution < 1.29 is 46.5 Å². The van der Waals surface area contributed by atoms with Crippen LogP contribution in [0.25, 0.3) is 10.8 Å². The molecule has 0 unspecified atom stereocenters. The van der Waals surface area contributed by atoms with E-state index in [0.29, 0.717) is 0 Å². The zero-order valence-electron chi connectivity index (χ0n) is 19.7. The van der Waals surface area contributed by atoms with Crippen LogP contribution in [0.15, 0.2) is 24.3 Å². The van der Waals surface area contributed by atoms with Gasteiger partial charge in [0.15, 0.2) is 0 Å². The Hall–Kier alpha value is 0.0281. The molecule has 0 radical (unpaired) electrons. The second-order valence-corrected chi connectivity index (χ2v) is 21.4. The first-order valence-electron chi connectivity index (χ1n) is 9.65. The third-order valence-electron chi connectivity index (χ3n) is 7.30. The van der Waals surface area contributed by atoms with E-state index in [2.05, 4.69) is 92.0 Å². The minimum Gasteiger partial charge on any atom is -1.00 e. The summed E-state index contributed by atoms with van der Waals surface area (Å²) in [4.78, 5) is 0. The molecular weight excluding hydrogens is 467 g/mol. The van der Waals surface area contributed by atoms with E-state index in [4.69, 9.17) is 11.5 Å². The number of nitrogens with two attached hydrogens (primary N) is 2. The van der Waals surface area contributed by atoms with Gasteiger partial charge in [-0.1, -0.05) is 97.2 Å². The molecule has 0 saturated heterocycles. The summed E-state index contributed by atoms with van der Waals surface area (Å²) < 4.78 is 0. The summed E-state index contributed by atoms with van der Waals surface area (Å²) >= 11 is 0. The fourth-order valence-electron chi connectivity index (χ4n) is 3.53. The van der Waals surface area contributed by atoms with Gasteiger partial charge in [0.25, 0.3) is 0 Å². The van der Waals surface area contributed by atoms with Crippen molar-refractivity contribution >= 4 is 48.7 Å². The molecule has 0 aliphatic rings. The monoisotopic (exact) mass is 504 g/mol. The van der Waals surface area contributed by atoms with Crippen LogP contribution in [0, 0.1) is 0 Å². The zero-order valence-corrected chi connectivity index (χ0v) is 24.8. The average molecular weight is 506 g/mol. The molecule has 4 N–H and O–H groups in total. The first-order valence-corrected chi connectivity index (χ1v) is 15.7. The van der Waals surface area contributed by atoms with Crippen molar-refractivity contribution in [3.63, 3.8) is 0 Å². The van der Waals surface area contributed by atoms with Gasteiger partial charge in [0, 0.05) is 5.39 Å². The van der Waals surface area contributed by atoms with Gasteiger partial charge in [-0.15, -0.1) is 0 Å². The van der Waals surface area contributed by atoms with Crippen molar-refractivity contribution in [2.75, 3.05) is 11.5 Å². The number of fused-ring (bicyclic) bond motifs is 1. The Morgan fingerprint density at radius 1 is 0.621 bits per heavy atom. The Morgan fingerprint density at radius 2 is 0.966 bits per heavy atom. The van der Waals surface area contributed by atoms with Crippen LogP contribution in [-0.2, 0) is 21.7 Å². The van der Waals surface area contributed by atoms with Crippen molar-refractivity contribution in [1.82, 2.24) is 0 Å². The Morgan fingerprint density at radius 3 is 1.34 bits per heavy atom. The number of halogens is 2. The molecule has 0 heterocycles. The summed E-state index contributed by atoms with van der Waals surface area (Å²) in [6, 6.07) is 8.61. The Bertz CT molecular complexity index is 854. The number of benzene rings is 2. The Kier molecular flexibility index (Phi) is 10.4. The van der Waals surface area contributed by atoms with Crippen LogP contribution in [0.2, 0.25) is 36.3 Å². The van der Waals surface area contributed by atoms with E-state index in [0.717, 1.165) is 16.8 Å². The molecule has 0 aliphatic heterocycles. The van der Waals surface area contributed by atoms with E-state index in [-0.39, 0.29) is 56.6 Å². The van der Waals surface area contributed by atoms with E-state index in [1.54, 1.807) is 5.19 Å². The smallest absolute Gasteiger partial charge is 1.00 e. The average Bonchev–Trinajstić information content (AvgIpc) is 2.47. The van der Waals surface area contributed by atoms with Crippen LogP contribution in [0.3, 0.4) is 0 Å². The SMILES string of the molecule is CC(C)(C)[Si](C)(C)c1c(N)c(N)c2ccccc2c1[Si](C)(C)C(C)(C)C.[Cl-].[Cl-].[Ti+2]. The molecule has 0 aliphatic carbocycles. The van der Waals surface area contributed by atoms with Gasteiger partial charge in [-0.2, -0.15) is 0 Å². The Balaban J connectivity index is 0. The third kappa shape index (κ3) is 5.10. The molecule has 29 heavy (non-hydrogen) atoms. The maximum Gasteiger partial charge on any atom is 2.00 e. The van der Waals surface area contributed by atoms with Gasteiger partial charge >= 0.3 is 21.7 Å². The summed E-state index contributed by atoms with van der Waals surface area (Å²) in [7, 11) is -3.71. The Labute approximate surface area is 207 Å². The minimum absolute atomic E-state index is 0. The summed E-state index contributed by atoms with van der Waals surface area (Å²) in [6.07, 6.45) is 0. The predicted molar refractivity (Wildman–Crippen MR) is 126 cm³/mol. The van der Waals surface area contributed by atoms with Gasteiger partial charge in [0.05, 0.1) is 27.5 Å². The maximum absolute atomic E-state index is 6.80. The first kappa shape index (κ1) is 31.2. The van der Waals surface area contributed by atoms with E-state index < -0.39 is 16.1 Å². The molecule has 2 aromatic rings. The second-order valence-electron chi connectivity index (χ2n) is 10.9. The standard InChI is InChI=1S/C22H38N2Si2.2ClH.Ti/c1-21(2,3)25(7,8)19-16-14-12-11-13-15(16)17(23)18(24)20(19)26(9,10)22(4,5)6;;;/h11-14H,23-24H2,1-10H3;2*1H;/q;;;+2/p-2. The number of hydrogen-bond donors (Lipinski definition) is 2. The first-order chi connectivity index (χ1) is 11.5. The molecule has 7 heteroatoms. The molecule has 0 amide bonds. The van der Waals surface area contributed by atoms with E-state index in [1.165, 1.54) is 10.6 Å². The van der Waals surface area contributed by atoms with Crippen molar-refractivity contribution in [2.24, 2.45) is 0 Å². The molecule has 162 valence electrons. The molecule has 0 fully saturated rings. The van der Waals surface area contributed by atoms with E-state index >= 15 is 0 Å². The van der Waals surface area contributed by atoms with Crippen molar-refractivity contribution in [3.05, 3.63) is 24.3 Å². The molecular formula is C22H38Cl2N2Si2Ti. The van der Waals surface area contributed by atoms with Gasteiger partial charge in [-0.3, -0.25) is 0 Å². The number of hydrogen-bond acceptors (Lipinski definition) is 2. The molecule has 0 aromatic heterocycles. The van der Waals surface area contributed by atoms with Crippen LogP contribution in [0.1, 0.15) is 41.5 Å². The van der Waals surface area contributed by atoms with Gasteiger partial charge in [-0.05, 0) is 20.6 Å².